The Morgan fingerprint density at radius 2 is 1.50 bits per heavy atom. The van der Waals surface area contributed by atoms with Gasteiger partial charge in [0.25, 0.3) is 0 Å². The minimum absolute atomic E-state index is 0.123. The van der Waals surface area contributed by atoms with Crippen LogP contribution in [0.3, 0.4) is 0 Å². The van der Waals surface area contributed by atoms with E-state index in [0.29, 0.717) is 0 Å². The summed E-state index contributed by atoms with van der Waals surface area (Å²) >= 11 is 21.5. The van der Waals surface area contributed by atoms with Gasteiger partial charge in [0.1, 0.15) is 9.67 Å². The minimum Gasteiger partial charge on any atom is -0.303 e. The van der Waals surface area contributed by atoms with E-state index >= 15 is 0 Å². The van der Waals surface area contributed by atoms with E-state index in [1.54, 1.807) is 0 Å². The molecule has 0 unspecified atom stereocenters. The van der Waals surface area contributed by atoms with E-state index in [-0.39, 0.29) is 13.2 Å². The molecule has 0 radical (unpaired) electrons. The van der Waals surface area contributed by atoms with E-state index in [1.165, 1.54) is 0 Å². The number of hydrogen-bond acceptors (Lipinski definition) is 3. The predicted molar refractivity (Wildman–Crippen MR) is 60.7 cm³/mol. The molecule has 0 N–H and O–H groups in total. The lowest BCUT2D eigenvalue weighted by molar-refractivity contribution is 0.225. The summed E-state index contributed by atoms with van der Waals surface area (Å²) in [5, 5.41) is 0. The molecule has 0 heterocycles. The number of alkyl halides is 4. The van der Waals surface area contributed by atoms with E-state index in [9.17, 15) is 4.57 Å². The predicted octanol–water partition coefficient (Wildman–Crippen LogP) is 3.96. The highest BCUT2D eigenvalue weighted by molar-refractivity contribution is 7.57. The molecule has 0 spiro atoms. The smallest absolute Gasteiger partial charge is 0.303 e. The summed E-state index contributed by atoms with van der Waals surface area (Å²) in [5.74, 6) is 1.04. The fraction of sp³-hybridized carbons (Fsp3) is 0.667. The second-order valence-corrected chi connectivity index (χ2v) is 6.61. The van der Waals surface area contributed by atoms with Gasteiger partial charge in [-0.1, -0.05) is 6.58 Å². The molecule has 14 heavy (non-hydrogen) atoms. The molecule has 0 aromatic heterocycles. The molecule has 0 bridgehead atoms. The average molecular weight is 302 g/mol. The van der Waals surface area contributed by atoms with Crippen LogP contribution < -0.4 is 0 Å². The third-order valence-electron chi connectivity index (χ3n) is 0.985. The van der Waals surface area contributed by atoms with Crippen molar-refractivity contribution in [2.75, 3.05) is 13.2 Å². The van der Waals surface area contributed by atoms with Gasteiger partial charge in [0.15, 0.2) is 0 Å². The van der Waals surface area contributed by atoms with E-state index in [0.717, 1.165) is 5.82 Å². The maximum absolute atomic E-state index is 11.6. The Balaban J connectivity index is 4.05. The first-order chi connectivity index (χ1) is 6.39. The van der Waals surface area contributed by atoms with Gasteiger partial charge < -0.3 is 9.05 Å². The molecule has 0 rings (SSSR count). The lowest BCUT2D eigenvalue weighted by Crippen LogP contribution is -2.05. The molecule has 3 nitrogen and oxygen atoms in total. The van der Waals surface area contributed by atoms with Crippen LogP contribution in [0.2, 0.25) is 0 Å². The molecule has 0 aromatic carbocycles. The van der Waals surface area contributed by atoms with Crippen molar-refractivity contribution < 1.29 is 13.6 Å². The summed E-state index contributed by atoms with van der Waals surface area (Å²) in [5.41, 5.74) is 0. The number of halogens is 4. The molecule has 0 aliphatic rings. The van der Waals surface area contributed by atoms with Gasteiger partial charge >= 0.3 is 7.60 Å². The van der Waals surface area contributed by atoms with Crippen molar-refractivity contribution in [1.82, 2.24) is 0 Å². The van der Waals surface area contributed by atoms with Gasteiger partial charge in [0, 0.05) is 5.82 Å². The Morgan fingerprint density at radius 3 is 1.71 bits per heavy atom. The van der Waals surface area contributed by atoms with Gasteiger partial charge in [-0.15, -0.1) is 46.4 Å². The normalized spacial score (nSPS) is 12.4. The molecule has 0 atom stereocenters. The lowest BCUT2D eigenvalue weighted by Gasteiger charge is -2.15. The van der Waals surface area contributed by atoms with Gasteiger partial charge in [0.05, 0.1) is 13.2 Å². The van der Waals surface area contributed by atoms with Gasteiger partial charge in [-0.2, -0.15) is 0 Å². The third-order valence-corrected chi connectivity index (χ3v) is 2.95. The van der Waals surface area contributed by atoms with Crippen molar-refractivity contribution in [1.29, 1.82) is 0 Å². The minimum atomic E-state index is -3.38. The van der Waals surface area contributed by atoms with Crippen LogP contribution in [0.4, 0.5) is 0 Å². The first-order valence-corrected chi connectivity index (χ1v) is 6.84. The molecule has 0 aliphatic heterocycles. The topological polar surface area (TPSA) is 35.5 Å². The van der Waals surface area contributed by atoms with Crippen LogP contribution in [-0.2, 0) is 13.6 Å². The zero-order chi connectivity index (χ0) is 11.2. The van der Waals surface area contributed by atoms with Crippen molar-refractivity contribution in [2.24, 2.45) is 0 Å². The second kappa shape index (κ2) is 7.34. The van der Waals surface area contributed by atoms with Crippen LogP contribution in [-0.4, -0.2) is 22.9 Å². The molecular weight excluding hydrogens is 293 g/mol. The molecule has 0 saturated heterocycles. The maximum atomic E-state index is 11.6. The first-order valence-electron chi connectivity index (χ1n) is 3.48. The summed E-state index contributed by atoms with van der Waals surface area (Å²) in [4.78, 5) is -1.57. The Hall–Kier alpha value is 1.05. The van der Waals surface area contributed by atoms with Crippen LogP contribution in [0.15, 0.2) is 12.4 Å². The van der Waals surface area contributed by atoms with Crippen LogP contribution in [0.1, 0.15) is 0 Å². The Morgan fingerprint density at radius 1 is 1.14 bits per heavy atom. The van der Waals surface area contributed by atoms with Crippen molar-refractivity contribution in [2.45, 2.75) is 9.67 Å². The summed E-state index contributed by atoms with van der Waals surface area (Å²) < 4.78 is 21.2. The SMILES string of the molecule is C=CP(=O)(OCC(Cl)Cl)OCC(Cl)Cl. The Bertz CT molecular complexity index is 205. The zero-order valence-corrected chi connectivity index (χ0v) is 11.0. The molecule has 0 aliphatic carbocycles. The van der Waals surface area contributed by atoms with E-state index in [2.05, 4.69) is 6.58 Å². The summed E-state index contributed by atoms with van der Waals surface area (Å²) in [6.07, 6.45) is 0. The molecule has 84 valence electrons. The Kier molecular flexibility index (Phi) is 7.89. The Labute approximate surface area is 103 Å². The number of hydrogen-bond donors (Lipinski definition) is 0. The van der Waals surface area contributed by atoms with Crippen molar-refractivity contribution in [3.05, 3.63) is 12.4 Å². The average Bonchev–Trinajstić information content (AvgIpc) is 2.11. The molecule has 0 aromatic rings. The largest absolute Gasteiger partial charge is 0.353 e. The zero-order valence-electron chi connectivity index (χ0n) is 7.04. The van der Waals surface area contributed by atoms with E-state index in [1.807, 2.05) is 0 Å². The van der Waals surface area contributed by atoms with Crippen LogP contribution in [0, 0.1) is 0 Å². The highest BCUT2D eigenvalue weighted by Gasteiger charge is 2.22. The van der Waals surface area contributed by atoms with Gasteiger partial charge in [-0.25, -0.2) is 0 Å². The van der Waals surface area contributed by atoms with Crippen LogP contribution >= 0.6 is 54.0 Å². The highest BCUT2D eigenvalue weighted by atomic mass is 35.5. The molecule has 8 heteroatoms. The van der Waals surface area contributed by atoms with Gasteiger partial charge in [-0.3, -0.25) is 4.57 Å². The van der Waals surface area contributed by atoms with E-state index in [4.69, 9.17) is 55.5 Å². The molecule has 0 fully saturated rings. The number of rotatable bonds is 7. The van der Waals surface area contributed by atoms with E-state index < -0.39 is 17.3 Å². The summed E-state index contributed by atoms with van der Waals surface area (Å²) in [7, 11) is -3.38. The molecule has 0 amide bonds. The van der Waals surface area contributed by atoms with Crippen molar-refractivity contribution in [3.8, 4) is 0 Å². The fourth-order valence-corrected chi connectivity index (χ4v) is 2.07. The molecular formula is C6H9Cl4O3P. The van der Waals surface area contributed by atoms with Gasteiger partial charge in [-0.05, 0) is 0 Å². The lowest BCUT2D eigenvalue weighted by atomic mass is 10.9. The van der Waals surface area contributed by atoms with Crippen LogP contribution in [0.5, 0.6) is 0 Å². The summed E-state index contributed by atoms with van der Waals surface area (Å²) in [6, 6.07) is 0. The monoisotopic (exact) mass is 300 g/mol. The van der Waals surface area contributed by atoms with Crippen molar-refractivity contribution in [3.63, 3.8) is 0 Å². The first kappa shape index (κ1) is 15.0. The standard InChI is InChI=1S/C6H9Cl4O3P/c1-2-14(11,12-3-5(7)8)13-4-6(9)10/h2,5-6H,1,3-4H2. The maximum Gasteiger partial charge on any atom is 0.353 e. The fourth-order valence-electron chi connectivity index (χ4n) is 0.463. The van der Waals surface area contributed by atoms with Crippen LogP contribution in [0.25, 0.3) is 0 Å². The van der Waals surface area contributed by atoms with Gasteiger partial charge in [0.2, 0.25) is 0 Å². The summed E-state index contributed by atoms with van der Waals surface area (Å²) in [6.45, 7) is 3.06. The molecule has 0 saturated carbocycles. The second-order valence-electron chi connectivity index (χ2n) is 2.10. The third kappa shape index (κ3) is 7.36. The highest BCUT2D eigenvalue weighted by Crippen LogP contribution is 2.49. The van der Waals surface area contributed by atoms with Crippen molar-refractivity contribution >= 4 is 54.0 Å². The quantitative estimate of drug-likeness (QED) is 0.527.